The van der Waals surface area contributed by atoms with E-state index in [2.05, 4.69) is 34.0 Å². The van der Waals surface area contributed by atoms with E-state index in [0.717, 1.165) is 22.7 Å². The molecule has 0 aliphatic heterocycles. The number of hydrogen-bond donors (Lipinski definition) is 1. The number of nitrogens with zero attached hydrogens (tertiary/aromatic N) is 3. The average molecular weight is 224 g/mol. The van der Waals surface area contributed by atoms with Crippen LogP contribution in [0.4, 0.5) is 5.82 Å². The van der Waals surface area contributed by atoms with Crippen molar-refractivity contribution in [1.29, 1.82) is 0 Å². The minimum Gasteiger partial charge on any atom is -0.383 e. The van der Waals surface area contributed by atoms with Crippen LogP contribution in [-0.4, -0.2) is 15.0 Å². The first-order valence-corrected chi connectivity index (χ1v) is 5.58. The summed E-state index contributed by atoms with van der Waals surface area (Å²) >= 11 is 0. The molecule has 3 aromatic rings. The molecular formula is C13H12N4. The van der Waals surface area contributed by atoms with Crippen LogP contribution in [-0.2, 0) is 6.42 Å². The molecule has 4 heteroatoms. The van der Waals surface area contributed by atoms with Gasteiger partial charge in [-0.2, -0.15) is 0 Å². The first-order valence-electron chi connectivity index (χ1n) is 5.58. The van der Waals surface area contributed by atoms with E-state index in [4.69, 9.17) is 5.73 Å². The summed E-state index contributed by atoms with van der Waals surface area (Å²) in [5.41, 5.74) is 8.70. The Balaban J connectivity index is 2.40. The van der Waals surface area contributed by atoms with E-state index in [0.29, 0.717) is 11.5 Å². The van der Waals surface area contributed by atoms with Crippen molar-refractivity contribution >= 4 is 27.8 Å². The fourth-order valence-corrected chi connectivity index (χ4v) is 1.94. The lowest BCUT2D eigenvalue weighted by Gasteiger charge is -2.04. The summed E-state index contributed by atoms with van der Waals surface area (Å²) in [7, 11) is 0. The topological polar surface area (TPSA) is 64.7 Å². The molecule has 0 unspecified atom stereocenters. The maximum Gasteiger partial charge on any atom is 0.165 e. The first-order chi connectivity index (χ1) is 8.28. The highest BCUT2D eigenvalue weighted by Crippen LogP contribution is 2.22. The Labute approximate surface area is 98.5 Å². The minimum absolute atomic E-state index is 0.478. The van der Waals surface area contributed by atoms with Gasteiger partial charge in [0.2, 0.25) is 0 Å². The van der Waals surface area contributed by atoms with Gasteiger partial charge in [-0.1, -0.05) is 13.0 Å². The SMILES string of the molecule is CCc1ccc2nc3ncnc(N)c3cc2c1. The number of anilines is 1. The Bertz CT molecular complexity index is 706. The number of aryl methyl sites for hydroxylation is 1. The number of pyridine rings is 1. The fourth-order valence-electron chi connectivity index (χ4n) is 1.94. The summed E-state index contributed by atoms with van der Waals surface area (Å²) in [6, 6.07) is 8.25. The van der Waals surface area contributed by atoms with Crippen LogP contribution in [0.15, 0.2) is 30.6 Å². The fraction of sp³-hybridized carbons (Fsp3) is 0.154. The highest BCUT2D eigenvalue weighted by atomic mass is 15.0. The number of rotatable bonds is 1. The second kappa shape index (κ2) is 3.66. The zero-order valence-electron chi connectivity index (χ0n) is 9.51. The van der Waals surface area contributed by atoms with Gasteiger partial charge in [0.05, 0.1) is 10.9 Å². The molecule has 3 rings (SSSR count). The molecule has 2 heterocycles. The zero-order chi connectivity index (χ0) is 11.8. The van der Waals surface area contributed by atoms with Crippen molar-refractivity contribution in [2.75, 3.05) is 5.73 Å². The summed E-state index contributed by atoms with van der Waals surface area (Å²) in [5, 5.41) is 1.90. The normalized spacial score (nSPS) is 11.1. The maximum absolute atomic E-state index is 5.83. The molecule has 1 aromatic carbocycles. The molecule has 0 aliphatic carbocycles. The van der Waals surface area contributed by atoms with Gasteiger partial charge in [-0.3, -0.25) is 0 Å². The predicted molar refractivity (Wildman–Crippen MR) is 68.6 cm³/mol. The minimum atomic E-state index is 0.478. The highest BCUT2D eigenvalue weighted by Gasteiger charge is 2.04. The third kappa shape index (κ3) is 1.58. The van der Waals surface area contributed by atoms with Crippen molar-refractivity contribution in [2.45, 2.75) is 13.3 Å². The molecule has 0 fully saturated rings. The van der Waals surface area contributed by atoms with Crippen LogP contribution in [0.25, 0.3) is 21.9 Å². The largest absolute Gasteiger partial charge is 0.383 e. The van der Waals surface area contributed by atoms with Crippen molar-refractivity contribution in [2.24, 2.45) is 0 Å². The smallest absolute Gasteiger partial charge is 0.165 e. The summed E-state index contributed by atoms with van der Waals surface area (Å²) in [6.07, 6.45) is 2.45. The van der Waals surface area contributed by atoms with Gasteiger partial charge in [0, 0.05) is 5.39 Å². The summed E-state index contributed by atoms with van der Waals surface area (Å²) < 4.78 is 0. The number of nitrogen functional groups attached to an aromatic ring is 1. The molecule has 0 spiro atoms. The highest BCUT2D eigenvalue weighted by molar-refractivity contribution is 5.95. The molecule has 2 N–H and O–H groups in total. The van der Waals surface area contributed by atoms with E-state index >= 15 is 0 Å². The molecule has 0 amide bonds. The molecule has 2 aromatic heterocycles. The number of nitrogens with two attached hydrogens (primary N) is 1. The summed E-state index contributed by atoms with van der Waals surface area (Å²) in [4.78, 5) is 12.6. The molecule has 0 atom stereocenters. The number of benzene rings is 1. The van der Waals surface area contributed by atoms with Crippen LogP contribution in [0.3, 0.4) is 0 Å². The molecule has 84 valence electrons. The van der Waals surface area contributed by atoms with Crippen LogP contribution in [0.1, 0.15) is 12.5 Å². The Kier molecular flexibility index (Phi) is 2.14. The summed E-state index contributed by atoms with van der Waals surface area (Å²) in [6.45, 7) is 2.13. The van der Waals surface area contributed by atoms with E-state index < -0.39 is 0 Å². The zero-order valence-corrected chi connectivity index (χ0v) is 9.51. The van der Waals surface area contributed by atoms with E-state index in [1.165, 1.54) is 11.9 Å². The average Bonchev–Trinajstić information content (AvgIpc) is 2.37. The van der Waals surface area contributed by atoms with Crippen LogP contribution < -0.4 is 5.73 Å². The van der Waals surface area contributed by atoms with Gasteiger partial charge in [-0.15, -0.1) is 0 Å². The first kappa shape index (κ1) is 9.96. The van der Waals surface area contributed by atoms with E-state index in [9.17, 15) is 0 Å². The van der Waals surface area contributed by atoms with Crippen molar-refractivity contribution in [1.82, 2.24) is 15.0 Å². The Hall–Kier alpha value is -2.23. The molecule has 0 saturated carbocycles. The quantitative estimate of drug-likeness (QED) is 0.644. The van der Waals surface area contributed by atoms with Gasteiger partial charge in [0.1, 0.15) is 12.1 Å². The Morgan fingerprint density at radius 2 is 2.06 bits per heavy atom. The molecule has 0 bridgehead atoms. The molecule has 0 radical (unpaired) electrons. The van der Waals surface area contributed by atoms with E-state index in [1.54, 1.807) is 0 Å². The monoisotopic (exact) mass is 224 g/mol. The number of aromatic nitrogens is 3. The lowest BCUT2D eigenvalue weighted by Crippen LogP contribution is -1.95. The van der Waals surface area contributed by atoms with Gasteiger partial charge in [-0.25, -0.2) is 15.0 Å². The van der Waals surface area contributed by atoms with Crippen molar-refractivity contribution in [3.63, 3.8) is 0 Å². The van der Waals surface area contributed by atoms with Gasteiger partial charge in [0.15, 0.2) is 5.65 Å². The van der Waals surface area contributed by atoms with E-state index in [-0.39, 0.29) is 0 Å². The van der Waals surface area contributed by atoms with Crippen LogP contribution in [0.2, 0.25) is 0 Å². The van der Waals surface area contributed by atoms with Crippen molar-refractivity contribution in [3.05, 3.63) is 36.2 Å². The lowest BCUT2D eigenvalue weighted by atomic mass is 10.1. The third-order valence-corrected chi connectivity index (χ3v) is 2.92. The van der Waals surface area contributed by atoms with Crippen molar-refractivity contribution < 1.29 is 0 Å². The van der Waals surface area contributed by atoms with Crippen LogP contribution >= 0.6 is 0 Å². The predicted octanol–water partition coefficient (Wildman–Crippen LogP) is 2.32. The van der Waals surface area contributed by atoms with Gasteiger partial charge < -0.3 is 5.73 Å². The molecule has 0 aliphatic rings. The number of fused-ring (bicyclic) bond motifs is 2. The standard InChI is InChI=1S/C13H12N4/c1-2-8-3-4-11-9(5-8)6-10-12(14)15-7-16-13(10)17-11/h3-7H,2H2,1H3,(H2,14,15,16,17). The van der Waals surface area contributed by atoms with Crippen LogP contribution in [0.5, 0.6) is 0 Å². The molecular weight excluding hydrogens is 212 g/mol. The second-order valence-corrected chi connectivity index (χ2v) is 4.00. The van der Waals surface area contributed by atoms with Crippen molar-refractivity contribution in [3.8, 4) is 0 Å². The Morgan fingerprint density at radius 1 is 1.18 bits per heavy atom. The van der Waals surface area contributed by atoms with E-state index in [1.807, 2.05) is 12.1 Å². The second-order valence-electron chi connectivity index (χ2n) is 4.00. The summed E-state index contributed by atoms with van der Waals surface area (Å²) in [5.74, 6) is 0.478. The van der Waals surface area contributed by atoms with Crippen LogP contribution in [0, 0.1) is 0 Å². The van der Waals surface area contributed by atoms with Gasteiger partial charge >= 0.3 is 0 Å². The lowest BCUT2D eigenvalue weighted by molar-refractivity contribution is 1.14. The van der Waals surface area contributed by atoms with Gasteiger partial charge in [-0.05, 0) is 30.2 Å². The maximum atomic E-state index is 5.83. The third-order valence-electron chi connectivity index (χ3n) is 2.92. The van der Waals surface area contributed by atoms with Gasteiger partial charge in [0.25, 0.3) is 0 Å². The molecule has 17 heavy (non-hydrogen) atoms. The molecule has 4 nitrogen and oxygen atoms in total. The Morgan fingerprint density at radius 3 is 2.88 bits per heavy atom. The number of hydrogen-bond acceptors (Lipinski definition) is 4. The molecule has 0 saturated heterocycles.